The van der Waals surface area contributed by atoms with Gasteiger partial charge < -0.3 is 28.5 Å². The molecule has 0 aliphatic heterocycles. The van der Waals surface area contributed by atoms with Gasteiger partial charge in [-0.1, -0.05) is 348 Å². The number of hydrogen-bond acceptors (Lipinski definition) is 7. The van der Waals surface area contributed by atoms with Gasteiger partial charge in [0.05, 0.1) is 34.4 Å². The Bertz CT molecular complexity index is 1260. The average Bonchev–Trinajstić information content (AvgIpc) is 3.42. The number of unbranched alkanes of at least 4 members (excludes halogenated alkanes) is 52. The topological polar surface area (TPSA) is 108 Å². The van der Waals surface area contributed by atoms with Crippen LogP contribution in [0.4, 0.5) is 0 Å². The van der Waals surface area contributed by atoms with Crippen LogP contribution in [-0.4, -0.2) is 87.4 Å². The lowest BCUT2D eigenvalue weighted by atomic mass is 10.0. The summed E-state index contributed by atoms with van der Waals surface area (Å²) in [7, 11) is 6.00. The number of esters is 2. The van der Waals surface area contributed by atoms with Gasteiger partial charge in [-0.15, -0.1) is 0 Å². The lowest BCUT2D eigenvalue weighted by Gasteiger charge is -2.25. The van der Waals surface area contributed by atoms with E-state index in [0.29, 0.717) is 17.4 Å². The van der Waals surface area contributed by atoms with Gasteiger partial charge in [0.2, 0.25) is 0 Å². The van der Waals surface area contributed by atoms with Gasteiger partial charge >= 0.3 is 17.9 Å². The summed E-state index contributed by atoms with van der Waals surface area (Å²) in [4.78, 5) is 37.6. The summed E-state index contributed by atoms with van der Waals surface area (Å²) in [5.41, 5.74) is 0. The molecule has 0 fully saturated rings. The molecule has 79 heavy (non-hydrogen) atoms. The zero-order chi connectivity index (χ0) is 57.6. The normalized spacial score (nSPS) is 12.6. The Kier molecular flexibility index (Phi) is 61.0. The summed E-state index contributed by atoms with van der Waals surface area (Å²) in [6.45, 7) is 4.97. The number of carboxylic acids is 1. The number of nitrogens with zero attached hydrogens (tertiary/aromatic N) is 1. The third-order valence-corrected chi connectivity index (χ3v) is 16.4. The van der Waals surface area contributed by atoms with Gasteiger partial charge in [-0.25, -0.2) is 4.79 Å². The number of ether oxygens (including phenoxy) is 4. The van der Waals surface area contributed by atoms with Crippen molar-refractivity contribution in [1.29, 1.82) is 0 Å². The molecule has 9 heteroatoms. The maximum absolute atomic E-state index is 12.9. The van der Waals surface area contributed by atoms with Gasteiger partial charge in [-0.05, 0) is 12.8 Å². The number of likely N-dealkylation sites (N-methyl/N-ethyl adjacent to an activating group) is 1. The first kappa shape index (κ1) is 77.3. The van der Waals surface area contributed by atoms with Crippen LogP contribution in [0.5, 0.6) is 0 Å². The van der Waals surface area contributed by atoms with Crippen molar-refractivity contribution in [3.05, 3.63) is 0 Å². The van der Waals surface area contributed by atoms with Crippen LogP contribution in [0.15, 0.2) is 0 Å². The summed E-state index contributed by atoms with van der Waals surface area (Å²) >= 11 is 0. The molecule has 0 rings (SSSR count). The molecule has 0 heterocycles. The van der Waals surface area contributed by atoms with E-state index in [1.54, 1.807) is 0 Å². The Morgan fingerprint density at radius 1 is 0.329 bits per heavy atom. The molecule has 0 aromatic carbocycles. The minimum Gasteiger partial charge on any atom is -0.477 e. The van der Waals surface area contributed by atoms with Gasteiger partial charge in [-0.3, -0.25) is 9.59 Å². The van der Waals surface area contributed by atoms with Gasteiger partial charge in [0, 0.05) is 12.8 Å². The molecule has 2 unspecified atom stereocenters. The monoisotopic (exact) mass is 1120 g/mol. The third kappa shape index (κ3) is 63.7. The molecule has 0 aromatic rings. The van der Waals surface area contributed by atoms with Crippen molar-refractivity contribution in [3.8, 4) is 0 Å². The number of carboxylic acid groups (broad SMARTS) is 1. The van der Waals surface area contributed by atoms with E-state index in [9.17, 15) is 19.5 Å². The second-order valence-electron chi connectivity index (χ2n) is 25.6. The van der Waals surface area contributed by atoms with E-state index in [-0.39, 0.29) is 38.2 Å². The minimum atomic E-state index is -1.50. The fourth-order valence-corrected chi connectivity index (χ4v) is 11.0. The molecule has 0 spiro atoms. The van der Waals surface area contributed by atoms with E-state index in [1.165, 1.54) is 308 Å². The Hall–Kier alpha value is -1.71. The van der Waals surface area contributed by atoms with Crippen LogP contribution < -0.4 is 0 Å². The number of quaternary nitrogens is 1. The quantitative estimate of drug-likeness (QED) is 0.0278. The molecule has 470 valence electrons. The van der Waals surface area contributed by atoms with Gasteiger partial charge in [-0.2, -0.15) is 0 Å². The molecule has 1 N–H and O–H groups in total. The highest BCUT2D eigenvalue weighted by Crippen LogP contribution is 2.20. The van der Waals surface area contributed by atoms with Gasteiger partial charge in [0.25, 0.3) is 6.29 Å². The summed E-state index contributed by atoms with van der Waals surface area (Å²) in [6, 6.07) is 0. The molecule has 0 aliphatic carbocycles. The molecule has 0 saturated heterocycles. The molecule has 2 atom stereocenters. The van der Waals surface area contributed by atoms with E-state index in [0.717, 1.165) is 38.5 Å². The average molecular weight is 1120 g/mol. The second kappa shape index (κ2) is 62.3. The van der Waals surface area contributed by atoms with Gasteiger partial charge in [0.1, 0.15) is 13.2 Å². The van der Waals surface area contributed by atoms with Crippen LogP contribution in [0.25, 0.3) is 0 Å². The molecular weight excluding hydrogens is 983 g/mol. The molecule has 0 bridgehead atoms. The Labute approximate surface area is 492 Å². The van der Waals surface area contributed by atoms with Crippen LogP contribution in [0.1, 0.15) is 373 Å². The highest BCUT2D eigenvalue weighted by Gasteiger charge is 2.25. The van der Waals surface area contributed by atoms with E-state index in [1.807, 2.05) is 21.1 Å². The molecule has 9 nitrogen and oxygen atoms in total. The summed E-state index contributed by atoms with van der Waals surface area (Å²) < 4.78 is 23.0. The van der Waals surface area contributed by atoms with Crippen molar-refractivity contribution in [2.75, 3.05) is 47.5 Å². The number of carbonyl (C=O) groups excluding carboxylic acids is 2. The smallest absolute Gasteiger partial charge is 0.361 e. The molecule has 0 saturated carbocycles. The SMILES string of the molecule is CCCCCCCCCCCCCCCCCCCCCCCCCCCCCC(=O)OCC(COC(OCC[N+](C)(C)C)C(=O)O)OC(=O)CCCCCCCCCCCCCCCCCCCCCCCCCCCCC. The Morgan fingerprint density at radius 3 is 0.810 bits per heavy atom. The fourth-order valence-electron chi connectivity index (χ4n) is 11.0. The lowest BCUT2D eigenvalue weighted by Crippen LogP contribution is -2.40. The molecule has 0 radical (unpaired) electrons. The largest absolute Gasteiger partial charge is 0.477 e. The number of aliphatic carboxylic acids is 1. The zero-order valence-corrected chi connectivity index (χ0v) is 53.8. The van der Waals surface area contributed by atoms with Crippen LogP contribution in [0.2, 0.25) is 0 Å². The maximum atomic E-state index is 12.9. The van der Waals surface area contributed by atoms with Crippen LogP contribution >= 0.6 is 0 Å². The van der Waals surface area contributed by atoms with Crippen molar-refractivity contribution < 1.29 is 42.9 Å². The number of hydrogen-bond donors (Lipinski definition) is 1. The van der Waals surface area contributed by atoms with Crippen molar-refractivity contribution in [1.82, 2.24) is 0 Å². The van der Waals surface area contributed by atoms with Crippen LogP contribution in [0, 0.1) is 0 Å². The number of carbonyl (C=O) groups is 3. The van der Waals surface area contributed by atoms with E-state index < -0.39 is 18.4 Å². The van der Waals surface area contributed by atoms with Crippen LogP contribution in [0.3, 0.4) is 0 Å². The summed E-state index contributed by atoms with van der Waals surface area (Å²) in [5.74, 6) is -1.96. The number of rotatable bonds is 67. The molecule has 0 amide bonds. The maximum Gasteiger partial charge on any atom is 0.361 e. The standard InChI is InChI=1S/C70H137NO8/c1-6-8-10-12-14-16-18-20-22-24-26-28-30-32-34-36-38-40-42-44-46-48-50-52-54-56-58-60-67(72)77-64-66(65-78-70(69(74)75)76-63-62-71(3,4)5)79-68(73)61-59-57-55-53-51-49-47-45-43-41-39-37-35-33-31-29-27-25-23-21-19-17-15-13-11-9-7-2/h66,70H,6-65H2,1-5H3/p+1. The van der Waals surface area contributed by atoms with E-state index >= 15 is 0 Å². The predicted molar refractivity (Wildman–Crippen MR) is 337 cm³/mol. The lowest BCUT2D eigenvalue weighted by molar-refractivity contribution is -0.870. The minimum absolute atomic E-state index is 0.172. The Morgan fingerprint density at radius 2 is 0.570 bits per heavy atom. The zero-order valence-electron chi connectivity index (χ0n) is 53.8. The third-order valence-electron chi connectivity index (χ3n) is 16.4. The first-order chi connectivity index (χ1) is 38.6. The predicted octanol–water partition coefficient (Wildman–Crippen LogP) is 21.5. The molecular formula is C70H138NO8+. The highest BCUT2D eigenvalue weighted by atomic mass is 16.7. The second-order valence-corrected chi connectivity index (χ2v) is 25.6. The highest BCUT2D eigenvalue weighted by molar-refractivity contribution is 5.71. The first-order valence-electron chi connectivity index (χ1n) is 35.2. The summed E-state index contributed by atoms with van der Waals surface area (Å²) in [5, 5.41) is 9.74. The Balaban J connectivity index is 4.05. The van der Waals surface area contributed by atoms with Crippen molar-refractivity contribution in [3.63, 3.8) is 0 Å². The van der Waals surface area contributed by atoms with Crippen LogP contribution in [-0.2, 0) is 33.3 Å². The summed E-state index contributed by atoms with van der Waals surface area (Å²) in [6.07, 6.45) is 70.8. The van der Waals surface area contributed by atoms with Gasteiger partial charge in [0.15, 0.2) is 6.10 Å². The molecule has 0 aromatic heterocycles. The van der Waals surface area contributed by atoms with E-state index in [4.69, 9.17) is 18.9 Å². The van der Waals surface area contributed by atoms with E-state index in [2.05, 4.69) is 13.8 Å². The fraction of sp³-hybridized carbons (Fsp3) is 0.957. The van der Waals surface area contributed by atoms with Crippen molar-refractivity contribution >= 4 is 17.9 Å². The first-order valence-corrected chi connectivity index (χ1v) is 35.2. The molecule has 0 aliphatic rings. The van der Waals surface area contributed by atoms with Crippen molar-refractivity contribution in [2.45, 2.75) is 386 Å². The van der Waals surface area contributed by atoms with Crippen molar-refractivity contribution in [2.24, 2.45) is 0 Å².